The van der Waals surface area contributed by atoms with E-state index >= 15 is 0 Å². The van der Waals surface area contributed by atoms with E-state index in [2.05, 4.69) is 30.3 Å². The summed E-state index contributed by atoms with van der Waals surface area (Å²) in [5.41, 5.74) is 2.40. The minimum atomic E-state index is -0.220. The highest BCUT2D eigenvalue weighted by Gasteiger charge is 2.38. The fourth-order valence-corrected chi connectivity index (χ4v) is 3.15. The summed E-state index contributed by atoms with van der Waals surface area (Å²) < 4.78 is 4.98. The standard InChI is InChI=1S/C19H18O2/c1-21-19(20)17-13-12-16(14-8-4-2-5-9-14)18(17)15-10-6-3-7-11-15/h2-13,16-18H,1H3/t16-,17-,18-/m1/s1. The van der Waals surface area contributed by atoms with Crippen LogP contribution in [0, 0.1) is 5.92 Å². The maximum absolute atomic E-state index is 12.1. The fraction of sp³-hybridized carbons (Fsp3) is 0.211. The summed E-state index contributed by atoms with van der Waals surface area (Å²) >= 11 is 0. The number of hydrogen-bond donors (Lipinski definition) is 0. The summed E-state index contributed by atoms with van der Waals surface area (Å²) in [7, 11) is 1.45. The molecule has 0 spiro atoms. The predicted molar refractivity (Wildman–Crippen MR) is 83.0 cm³/mol. The highest BCUT2D eigenvalue weighted by molar-refractivity contribution is 5.77. The lowest BCUT2D eigenvalue weighted by atomic mass is 9.79. The molecule has 2 heteroatoms. The predicted octanol–water partition coefficient (Wildman–Crippen LogP) is 3.91. The van der Waals surface area contributed by atoms with E-state index in [1.165, 1.54) is 18.2 Å². The van der Waals surface area contributed by atoms with Crippen LogP contribution >= 0.6 is 0 Å². The van der Waals surface area contributed by atoms with E-state index in [1.54, 1.807) is 0 Å². The number of carbonyl (C=O) groups is 1. The van der Waals surface area contributed by atoms with Crippen molar-refractivity contribution in [3.63, 3.8) is 0 Å². The second kappa shape index (κ2) is 5.96. The second-order valence-corrected chi connectivity index (χ2v) is 5.31. The summed E-state index contributed by atoms with van der Waals surface area (Å²) in [6.45, 7) is 0. The highest BCUT2D eigenvalue weighted by Crippen LogP contribution is 2.45. The number of allylic oxidation sites excluding steroid dienone is 1. The third kappa shape index (κ3) is 2.62. The molecule has 0 saturated carbocycles. The van der Waals surface area contributed by atoms with Crippen LogP contribution in [-0.4, -0.2) is 13.1 Å². The number of rotatable bonds is 3. The number of hydrogen-bond acceptors (Lipinski definition) is 2. The van der Waals surface area contributed by atoms with Gasteiger partial charge < -0.3 is 4.74 Å². The first-order valence-electron chi connectivity index (χ1n) is 7.17. The molecule has 0 saturated heterocycles. The smallest absolute Gasteiger partial charge is 0.313 e. The Morgan fingerprint density at radius 2 is 1.43 bits per heavy atom. The molecule has 0 bridgehead atoms. The molecule has 2 aromatic carbocycles. The van der Waals surface area contributed by atoms with Gasteiger partial charge >= 0.3 is 5.97 Å². The normalized spacial score (nSPS) is 24.0. The monoisotopic (exact) mass is 278 g/mol. The molecule has 3 atom stereocenters. The Kier molecular flexibility index (Phi) is 3.87. The van der Waals surface area contributed by atoms with Gasteiger partial charge in [0, 0.05) is 11.8 Å². The number of ether oxygens (including phenoxy) is 1. The van der Waals surface area contributed by atoms with Crippen molar-refractivity contribution in [3.8, 4) is 0 Å². The molecule has 2 nitrogen and oxygen atoms in total. The van der Waals surface area contributed by atoms with E-state index in [0.717, 1.165) is 0 Å². The van der Waals surface area contributed by atoms with Gasteiger partial charge in [0.25, 0.3) is 0 Å². The van der Waals surface area contributed by atoms with Gasteiger partial charge in [-0.15, -0.1) is 0 Å². The summed E-state index contributed by atoms with van der Waals surface area (Å²) in [6.07, 6.45) is 4.12. The molecule has 0 amide bonds. The topological polar surface area (TPSA) is 26.3 Å². The van der Waals surface area contributed by atoms with Crippen molar-refractivity contribution in [2.75, 3.05) is 7.11 Å². The first-order valence-corrected chi connectivity index (χ1v) is 7.17. The molecule has 0 aliphatic heterocycles. The maximum Gasteiger partial charge on any atom is 0.313 e. The van der Waals surface area contributed by atoms with Gasteiger partial charge in [-0.05, 0) is 11.1 Å². The Hall–Kier alpha value is -2.35. The zero-order valence-corrected chi connectivity index (χ0v) is 12.0. The lowest BCUT2D eigenvalue weighted by Gasteiger charge is -2.24. The molecule has 0 radical (unpaired) electrons. The molecule has 1 aliphatic carbocycles. The molecule has 1 aliphatic rings. The summed E-state index contributed by atoms with van der Waals surface area (Å²) in [6, 6.07) is 20.5. The van der Waals surface area contributed by atoms with Crippen LogP contribution in [0.2, 0.25) is 0 Å². The average molecular weight is 278 g/mol. The number of benzene rings is 2. The number of methoxy groups -OCH3 is 1. The van der Waals surface area contributed by atoms with E-state index in [-0.39, 0.29) is 23.7 Å². The largest absolute Gasteiger partial charge is 0.469 e. The fourth-order valence-electron chi connectivity index (χ4n) is 3.15. The third-order valence-corrected chi connectivity index (χ3v) is 4.14. The Morgan fingerprint density at radius 1 is 0.857 bits per heavy atom. The van der Waals surface area contributed by atoms with Crippen LogP contribution in [0.15, 0.2) is 72.8 Å². The number of esters is 1. The summed E-state index contributed by atoms with van der Waals surface area (Å²) in [5.74, 6) is -0.0834. The van der Waals surface area contributed by atoms with Gasteiger partial charge in [0.1, 0.15) is 0 Å². The van der Waals surface area contributed by atoms with Crippen LogP contribution in [0.5, 0.6) is 0 Å². The average Bonchev–Trinajstić information content (AvgIpc) is 3.00. The van der Waals surface area contributed by atoms with Gasteiger partial charge in [-0.25, -0.2) is 0 Å². The zero-order valence-electron chi connectivity index (χ0n) is 12.0. The van der Waals surface area contributed by atoms with Crippen LogP contribution < -0.4 is 0 Å². The van der Waals surface area contributed by atoms with Crippen molar-refractivity contribution >= 4 is 5.97 Å². The quantitative estimate of drug-likeness (QED) is 0.628. The molecule has 0 unspecified atom stereocenters. The molecule has 3 rings (SSSR count). The molecule has 106 valence electrons. The van der Waals surface area contributed by atoms with Gasteiger partial charge in [0.05, 0.1) is 13.0 Å². The Bertz CT molecular complexity index is 631. The van der Waals surface area contributed by atoms with Gasteiger partial charge in [-0.2, -0.15) is 0 Å². The minimum Gasteiger partial charge on any atom is -0.469 e. The molecule has 0 aromatic heterocycles. The third-order valence-electron chi connectivity index (χ3n) is 4.14. The molecule has 21 heavy (non-hydrogen) atoms. The van der Waals surface area contributed by atoms with Gasteiger partial charge in [0.2, 0.25) is 0 Å². The summed E-state index contributed by atoms with van der Waals surface area (Å²) in [5, 5.41) is 0. The van der Waals surface area contributed by atoms with E-state index in [1.807, 2.05) is 42.5 Å². The first-order chi connectivity index (χ1) is 10.3. The highest BCUT2D eigenvalue weighted by atomic mass is 16.5. The van der Waals surface area contributed by atoms with Crippen LogP contribution in [0.3, 0.4) is 0 Å². The van der Waals surface area contributed by atoms with Crippen molar-refractivity contribution in [2.45, 2.75) is 11.8 Å². The molecule has 0 fully saturated rings. The first kappa shape index (κ1) is 13.6. The minimum absolute atomic E-state index is 0.0982. The molecule has 2 aromatic rings. The maximum atomic E-state index is 12.1. The van der Waals surface area contributed by atoms with Crippen molar-refractivity contribution in [2.24, 2.45) is 5.92 Å². The van der Waals surface area contributed by atoms with Gasteiger partial charge in [-0.1, -0.05) is 72.8 Å². The van der Waals surface area contributed by atoms with Crippen molar-refractivity contribution in [3.05, 3.63) is 83.9 Å². The van der Waals surface area contributed by atoms with Crippen LogP contribution in [0.1, 0.15) is 23.0 Å². The SMILES string of the molecule is COC(=O)[C@@H]1C=C[C@H](c2ccccc2)[C@H]1c1ccccc1. The Labute approximate surface area is 125 Å². The van der Waals surface area contributed by atoms with E-state index < -0.39 is 0 Å². The second-order valence-electron chi connectivity index (χ2n) is 5.31. The van der Waals surface area contributed by atoms with Crippen LogP contribution in [-0.2, 0) is 9.53 Å². The van der Waals surface area contributed by atoms with E-state index in [4.69, 9.17) is 4.74 Å². The van der Waals surface area contributed by atoms with Gasteiger partial charge in [-0.3, -0.25) is 4.79 Å². The molecule has 0 heterocycles. The van der Waals surface area contributed by atoms with Crippen LogP contribution in [0.4, 0.5) is 0 Å². The zero-order chi connectivity index (χ0) is 14.7. The lowest BCUT2D eigenvalue weighted by molar-refractivity contribution is -0.144. The Balaban J connectivity index is 2.01. The van der Waals surface area contributed by atoms with Gasteiger partial charge in [0.15, 0.2) is 0 Å². The van der Waals surface area contributed by atoms with Crippen LogP contribution in [0.25, 0.3) is 0 Å². The summed E-state index contributed by atoms with van der Waals surface area (Å²) in [4.78, 5) is 12.1. The van der Waals surface area contributed by atoms with Crippen molar-refractivity contribution < 1.29 is 9.53 Å². The van der Waals surface area contributed by atoms with Crippen molar-refractivity contribution in [1.29, 1.82) is 0 Å². The van der Waals surface area contributed by atoms with Crippen molar-refractivity contribution in [1.82, 2.24) is 0 Å². The molecular weight excluding hydrogens is 260 g/mol. The Morgan fingerprint density at radius 3 is 2.00 bits per heavy atom. The van der Waals surface area contributed by atoms with E-state index in [0.29, 0.717) is 0 Å². The lowest BCUT2D eigenvalue weighted by Crippen LogP contribution is -2.22. The van der Waals surface area contributed by atoms with E-state index in [9.17, 15) is 4.79 Å². The number of carbonyl (C=O) groups excluding carboxylic acids is 1. The molecular formula is C19H18O2. The molecule has 0 N–H and O–H groups in total.